The van der Waals surface area contributed by atoms with Crippen molar-refractivity contribution in [3.8, 4) is 0 Å². The van der Waals surface area contributed by atoms with Crippen LogP contribution in [0.2, 0.25) is 0 Å². The lowest BCUT2D eigenvalue weighted by Gasteiger charge is -2.35. The second-order valence-corrected chi connectivity index (χ2v) is 8.70. The molecule has 0 saturated carbocycles. The third-order valence-corrected chi connectivity index (χ3v) is 7.07. The van der Waals surface area contributed by atoms with Gasteiger partial charge in [-0.2, -0.15) is 13.0 Å². The van der Waals surface area contributed by atoms with Crippen molar-refractivity contribution in [1.82, 2.24) is 9.21 Å². The van der Waals surface area contributed by atoms with Crippen LogP contribution in [-0.4, -0.2) is 55.8 Å². The van der Waals surface area contributed by atoms with Crippen molar-refractivity contribution in [3.05, 3.63) is 18.2 Å². The number of nitrogens with two attached hydrogens (primary N) is 1. The van der Waals surface area contributed by atoms with Gasteiger partial charge >= 0.3 is 0 Å². The number of hydrogen-bond acceptors (Lipinski definition) is 6. The van der Waals surface area contributed by atoms with Gasteiger partial charge in [-0.15, -0.1) is 12.4 Å². The highest BCUT2D eigenvalue weighted by molar-refractivity contribution is 7.89. The van der Waals surface area contributed by atoms with Crippen molar-refractivity contribution in [1.29, 1.82) is 0 Å². The quantitative estimate of drug-likeness (QED) is 0.812. The Balaban J connectivity index is 0.00000243. The zero-order valence-corrected chi connectivity index (χ0v) is 17.0. The minimum absolute atomic E-state index is 0. The maximum atomic E-state index is 13.0. The predicted molar refractivity (Wildman–Crippen MR) is 103 cm³/mol. The van der Waals surface area contributed by atoms with Gasteiger partial charge in [0.15, 0.2) is 0 Å². The van der Waals surface area contributed by atoms with E-state index in [1.807, 2.05) is 0 Å². The number of rotatable bonds is 4. The van der Waals surface area contributed by atoms with Gasteiger partial charge in [-0.1, -0.05) is 13.0 Å². The summed E-state index contributed by atoms with van der Waals surface area (Å²) in [6, 6.07) is 4.73. The summed E-state index contributed by atoms with van der Waals surface area (Å²) in [5.41, 5.74) is 6.77. The molecule has 0 aliphatic carbocycles. The second-order valence-electron chi connectivity index (χ2n) is 6.27. The van der Waals surface area contributed by atoms with Crippen molar-refractivity contribution >= 4 is 51.1 Å². The summed E-state index contributed by atoms with van der Waals surface area (Å²) in [6.45, 7) is 4.83. The Labute approximate surface area is 163 Å². The summed E-state index contributed by atoms with van der Waals surface area (Å²) in [4.78, 5) is 14.2. The van der Waals surface area contributed by atoms with Crippen molar-refractivity contribution in [2.45, 2.75) is 24.8 Å². The van der Waals surface area contributed by atoms with Crippen LogP contribution in [0.15, 0.2) is 31.8 Å². The summed E-state index contributed by atoms with van der Waals surface area (Å²) >= 11 is 0.992. The van der Waals surface area contributed by atoms with Gasteiger partial charge in [-0.25, -0.2) is 8.42 Å². The number of sulfonamides is 1. The van der Waals surface area contributed by atoms with Crippen molar-refractivity contribution in [2.75, 3.05) is 26.2 Å². The Bertz CT molecular complexity index is 860. The molecule has 1 saturated heterocycles. The molecule has 2 aliphatic heterocycles. The zero-order chi connectivity index (χ0) is 18.2. The fourth-order valence-electron chi connectivity index (χ4n) is 2.79. The molecule has 2 unspecified atom stereocenters. The fraction of sp³-hybridized carbons (Fsp3) is 0.533. The molecule has 1 aromatic rings. The van der Waals surface area contributed by atoms with E-state index in [9.17, 15) is 13.2 Å². The highest BCUT2D eigenvalue weighted by atomic mass is 35.5. The van der Waals surface area contributed by atoms with Gasteiger partial charge in [0.1, 0.15) is 16.3 Å². The fourth-order valence-corrected chi connectivity index (χ4v) is 4.97. The Hall–Kier alpha value is -1.33. The smallest absolute Gasteiger partial charge is 0.245 e. The highest BCUT2D eigenvalue weighted by Crippen LogP contribution is 2.38. The van der Waals surface area contributed by atoms with Crippen LogP contribution in [0, 0.1) is 5.92 Å². The summed E-state index contributed by atoms with van der Waals surface area (Å²) in [5.74, 6) is -0.309. The van der Waals surface area contributed by atoms with Crippen LogP contribution in [0.3, 0.4) is 0 Å². The van der Waals surface area contributed by atoms with Gasteiger partial charge in [0.05, 0.1) is 17.3 Å². The number of hydrogen-bond donors (Lipinski definition) is 1. The zero-order valence-electron chi connectivity index (χ0n) is 14.5. The van der Waals surface area contributed by atoms with E-state index in [1.165, 1.54) is 4.31 Å². The Kier molecular flexibility index (Phi) is 6.56. The molecule has 3 rings (SSSR count). The molecule has 0 aromatic heterocycles. The van der Waals surface area contributed by atoms with Crippen LogP contribution in [-0.2, 0) is 26.2 Å². The molecule has 26 heavy (non-hydrogen) atoms. The van der Waals surface area contributed by atoms with Crippen LogP contribution < -0.4 is 5.73 Å². The van der Waals surface area contributed by atoms with Crippen LogP contribution >= 0.6 is 12.4 Å². The monoisotopic (exact) mass is 419 g/mol. The number of fused-ring (bicyclic) bond motifs is 1. The van der Waals surface area contributed by atoms with Gasteiger partial charge in [-0.05, 0) is 19.1 Å². The Morgan fingerprint density at radius 1 is 1.19 bits per heavy atom. The van der Waals surface area contributed by atoms with Gasteiger partial charge in [0, 0.05) is 32.2 Å². The van der Waals surface area contributed by atoms with E-state index in [0.717, 1.165) is 11.4 Å². The molecule has 1 fully saturated rings. The summed E-state index contributed by atoms with van der Waals surface area (Å²) in [6.07, 6.45) is 0. The average Bonchev–Trinajstić information content (AvgIpc) is 3.09. The average molecular weight is 420 g/mol. The Morgan fingerprint density at radius 2 is 1.85 bits per heavy atom. The van der Waals surface area contributed by atoms with E-state index in [0.29, 0.717) is 24.5 Å². The molecular formula is C15H22ClN5O3S2. The van der Waals surface area contributed by atoms with E-state index in [2.05, 4.69) is 8.73 Å². The molecule has 0 spiro atoms. The molecule has 11 heteroatoms. The van der Waals surface area contributed by atoms with Crippen LogP contribution in [0.1, 0.15) is 13.8 Å². The van der Waals surface area contributed by atoms with E-state index in [-0.39, 0.29) is 48.3 Å². The lowest BCUT2D eigenvalue weighted by Crippen LogP contribution is -2.53. The number of carbonyl (C=O) groups is 1. The highest BCUT2D eigenvalue weighted by Gasteiger charge is 2.34. The number of benzene rings is 1. The van der Waals surface area contributed by atoms with E-state index >= 15 is 0 Å². The standard InChI is InChI=1S/C15H21N5O3S2.ClH/c1-10(11(2)16)15(21)19-6-8-20(9-7-19)25(22,23)13-5-3-4-12-14(13)18-24-17-12;/h3-5,10-11H,6-9,16H2,1-2H3;1H. The van der Waals surface area contributed by atoms with Crippen molar-refractivity contribution in [3.63, 3.8) is 0 Å². The normalized spacial score (nSPS) is 19.3. The summed E-state index contributed by atoms with van der Waals surface area (Å²) in [5, 5.41) is 0. The molecule has 8 nitrogen and oxygen atoms in total. The first-order chi connectivity index (χ1) is 11.8. The Morgan fingerprint density at radius 3 is 2.46 bits per heavy atom. The van der Waals surface area contributed by atoms with Crippen molar-refractivity contribution in [2.24, 2.45) is 20.4 Å². The number of halogens is 1. The molecular weight excluding hydrogens is 398 g/mol. The minimum atomic E-state index is -3.67. The predicted octanol–water partition coefficient (Wildman–Crippen LogP) is 1.65. The van der Waals surface area contributed by atoms with Crippen LogP contribution in [0.4, 0.5) is 11.4 Å². The largest absolute Gasteiger partial charge is 0.340 e. The van der Waals surface area contributed by atoms with Crippen LogP contribution in [0.25, 0.3) is 0 Å². The maximum Gasteiger partial charge on any atom is 0.245 e. The molecule has 0 bridgehead atoms. The second kappa shape index (κ2) is 8.13. The summed E-state index contributed by atoms with van der Waals surface area (Å²) < 4.78 is 35.5. The van der Waals surface area contributed by atoms with E-state index in [1.54, 1.807) is 36.9 Å². The molecule has 2 atom stereocenters. The molecule has 1 aromatic carbocycles. The third kappa shape index (κ3) is 3.84. The van der Waals surface area contributed by atoms with E-state index < -0.39 is 10.0 Å². The third-order valence-electron chi connectivity index (χ3n) is 4.60. The van der Waals surface area contributed by atoms with Crippen LogP contribution in [0.5, 0.6) is 0 Å². The molecule has 2 aliphatic rings. The van der Waals surface area contributed by atoms with Gasteiger partial charge < -0.3 is 10.6 Å². The molecule has 2 N–H and O–H groups in total. The first-order valence-corrected chi connectivity index (χ1v) is 10.2. The first-order valence-electron chi connectivity index (χ1n) is 8.08. The number of piperazine rings is 1. The van der Waals surface area contributed by atoms with Gasteiger partial charge in [0.25, 0.3) is 0 Å². The molecule has 2 heterocycles. The molecule has 0 radical (unpaired) electrons. The van der Waals surface area contributed by atoms with Gasteiger partial charge in [-0.3, -0.25) is 4.79 Å². The molecule has 144 valence electrons. The lowest BCUT2D eigenvalue weighted by atomic mass is 10.0. The van der Waals surface area contributed by atoms with E-state index in [4.69, 9.17) is 5.73 Å². The summed E-state index contributed by atoms with van der Waals surface area (Å²) in [7, 11) is -3.67. The molecule has 1 amide bonds. The lowest BCUT2D eigenvalue weighted by molar-refractivity contribution is -0.136. The SMILES string of the molecule is CC(N)C(C)C(=O)N1CCN(S(=O)(=O)c2cccc3c2N=S=N3)CC1.Cl. The first kappa shape index (κ1) is 21.0. The van der Waals surface area contributed by atoms with Crippen molar-refractivity contribution < 1.29 is 13.2 Å². The van der Waals surface area contributed by atoms with Gasteiger partial charge in [0.2, 0.25) is 15.9 Å². The number of carbonyl (C=O) groups excluding carboxylic acids is 1. The number of nitrogens with zero attached hydrogens (tertiary/aromatic N) is 4. The topological polar surface area (TPSA) is 108 Å². The maximum absolute atomic E-state index is 13.0. The number of amides is 1. The minimum Gasteiger partial charge on any atom is -0.340 e.